The molecular weight excluding hydrogens is 240 g/mol. The zero-order chi connectivity index (χ0) is 13.7. The molecule has 0 aliphatic carbocycles. The molecule has 0 bridgehead atoms. The summed E-state index contributed by atoms with van der Waals surface area (Å²) in [4.78, 5) is 12.9. The van der Waals surface area contributed by atoms with E-state index in [9.17, 15) is 4.79 Å². The summed E-state index contributed by atoms with van der Waals surface area (Å²) in [6.45, 7) is 4.86. The second-order valence-electron chi connectivity index (χ2n) is 5.17. The number of nitrogens with zero attached hydrogens (tertiary/aromatic N) is 1. The third-order valence-electron chi connectivity index (χ3n) is 3.82. The number of hydrogen-bond acceptors (Lipinski definition) is 3. The van der Waals surface area contributed by atoms with Gasteiger partial charge in [0.25, 0.3) is 0 Å². The molecule has 0 aromatic heterocycles. The molecule has 4 nitrogen and oxygen atoms in total. The van der Waals surface area contributed by atoms with Crippen molar-refractivity contribution in [3.63, 3.8) is 0 Å². The quantitative estimate of drug-likeness (QED) is 0.822. The van der Waals surface area contributed by atoms with Crippen molar-refractivity contribution >= 4 is 5.97 Å². The first-order chi connectivity index (χ1) is 9.16. The second kappa shape index (κ2) is 6.68. The van der Waals surface area contributed by atoms with Crippen molar-refractivity contribution in [3.05, 3.63) is 35.9 Å². The standard InChI is InChI=1S/C15H22N2O2/c1-12(13-5-3-2-4-6-13)17-10-8-14(11-17)16-9-7-15(18)19/h2-6,12,14,16H,7-11H2,1H3,(H,18,19)/t12-,14+/m1/s1. The third kappa shape index (κ3) is 4.04. The number of nitrogens with one attached hydrogen (secondary N) is 1. The SMILES string of the molecule is C[C@H](c1ccccc1)N1CC[C@H](NCCC(=O)O)C1. The highest BCUT2D eigenvalue weighted by molar-refractivity contribution is 5.66. The van der Waals surface area contributed by atoms with Crippen molar-refractivity contribution in [2.45, 2.75) is 31.8 Å². The van der Waals surface area contributed by atoms with E-state index >= 15 is 0 Å². The molecule has 19 heavy (non-hydrogen) atoms. The van der Waals surface area contributed by atoms with Crippen molar-refractivity contribution in [3.8, 4) is 0 Å². The molecule has 0 unspecified atom stereocenters. The Bertz CT molecular complexity index is 408. The first kappa shape index (κ1) is 14.0. The Balaban J connectivity index is 1.80. The molecular formula is C15H22N2O2. The van der Waals surface area contributed by atoms with E-state index in [2.05, 4.69) is 41.4 Å². The number of carbonyl (C=O) groups is 1. The molecule has 0 saturated carbocycles. The summed E-state index contributed by atoms with van der Waals surface area (Å²) in [6, 6.07) is 11.4. The van der Waals surface area contributed by atoms with Crippen LogP contribution in [0.1, 0.15) is 31.4 Å². The minimum atomic E-state index is -0.736. The van der Waals surface area contributed by atoms with Gasteiger partial charge in [0.05, 0.1) is 6.42 Å². The highest BCUT2D eigenvalue weighted by atomic mass is 16.4. The zero-order valence-electron chi connectivity index (χ0n) is 11.4. The van der Waals surface area contributed by atoms with E-state index in [1.807, 2.05) is 6.07 Å². The van der Waals surface area contributed by atoms with Crippen molar-refractivity contribution < 1.29 is 9.90 Å². The number of likely N-dealkylation sites (tertiary alicyclic amines) is 1. The number of carboxylic acids is 1. The van der Waals surface area contributed by atoms with Crippen LogP contribution in [0.15, 0.2) is 30.3 Å². The topological polar surface area (TPSA) is 52.6 Å². The van der Waals surface area contributed by atoms with Gasteiger partial charge in [-0.2, -0.15) is 0 Å². The van der Waals surface area contributed by atoms with E-state index in [0.29, 0.717) is 18.6 Å². The summed E-state index contributed by atoms with van der Waals surface area (Å²) >= 11 is 0. The Labute approximate surface area is 114 Å². The smallest absolute Gasteiger partial charge is 0.304 e. The molecule has 2 rings (SSSR count). The van der Waals surface area contributed by atoms with Crippen LogP contribution in [-0.2, 0) is 4.79 Å². The van der Waals surface area contributed by atoms with E-state index in [1.54, 1.807) is 0 Å². The van der Waals surface area contributed by atoms with Crippen LogP contribution < -0.4 is 5.32 Å². The predicted molar refractivity (Wildman–Crippen MR) is 75.1 cm³/mol. The summed E-state index contributed by atoms with van der Waals surface area (Å²) < 4.78 is 0. The average molecular weight is 262 g/mol. The molecule has 1 aromatic carbocycles. The predicted octanol–water partition coefficient (Wildman–Crippen LogP) is 1.89. The number of hydrogen-bond donors (Lipinski definition) is 2. The van der Waals surface area contributed by atoms with Crippen molar-refractivity contribution in [2.24, 2.45) is 0 Å². The lowest BCUT2D eigenvalue weighted by molar-refractivity contribution is -0.136. The Kier molecular flexibility index (Phi) is 4.93. The first-order valence-electron chi connectivity index (χ1n) is 6.91. The number of carboxylic acid groups (broad SMARTS) is 1. The van der Waals surface area contributed by atoms with Gasteiger partial charge in [-0.15, -0.1) is 0 Å². The Hall–Kier alpha value is -1.39. The zero-order valence-corrected chi connectivity index (χ0v) is 11.4. The molecule has 4 heteroatoms. The Morgan fingerprint density at radius 3 is 2.89 bits per heavy atom. The molecule has 1 aliphatic heterocycles. The summed E-state index contributed by atoms with van der Waals surface area (Å²) in [6.07, 6.45) is 1.29. The molecule has 0 radical (unpaired) electrons. The van der Waals surface area contributed by atoms with Gasteiger partial charge in [0.1, 0.15) is 0 Å². The van der Waals surface area contributed by atoms with E-state index in [0.717, 1.165) is 19.5 Å². The fourth-order valence-electron chi connectivity index (χ4n) is 2.63. The van der Waals surface area contributed by atoms with Crippen molar-refractivity contribution in [2.75, 3.05) is 19.6 Å². The van der Waals surface area contributed by atoms with Gasteiger partial charge in [-0.1, -0.05) is 30.3 Å². The lowest BCUT2D eigenvalue weighted by Crippen LogP contribution is -2.34. The molecule has 1 aromatic rings. The van der Waals surface area contributed by atoms with Crippen LogP contribution in [0.2, 0.25) is 0 Å². The van der Waals surface area contributed by atoms with Gasteiger partial charge in [-0.05, 0) is 18.9 Å². The van der Waals surface area contributed by atoms with Gasteiger partial charge < -0.3 is 10.4 Å². The van der Waals surface area contributed by atoms with Gasteiger partial charge >= 0.3 is 5.97 Å². The minimum absolute atomic E-state index is 0.199. The summed E-state index contributed by atoms with van der Waals surface area (Å²) in [7, 11) is 0. The Morgan fingerprint density at radius 1 is 1.47 bits per heavy atom. The van der Waals surface area contributed by atoms with Crippen LogP contribution in [0.25, 0.3) is 0 Å². The average Bonchev–Trinajstić information content (AvgIpc) is 2.87. The molecule has 1 saturated heterocycles. The van der Waals surface area contributed by atoms with Crippen LogP contribution in [-0.4, -0.2) is 41.7 Å². The van der Waals surface area contributed by atoms with E-state index in [4.69, 9.17) is 5.11 Å². The van der Waals surface area contributed by atoms with Gasteiger partial charge in [0.15, 0.2) is 0 Å². The lowest BCUT2D eigenvalue weighted by Gasteiger charge is -2.24. The molecule has 1 fully saturated rings. The molecule has 0 spiro atoms. The van der Waals surface area contributed by atoms with Crippen LogP contribution in [0, 0.1) is 0 Å². The van der Waals surface area contributed by atoms with Crippen molar-refractivity contribution in [1.29, 1.82) is 0 Å². The Morgan fingerprint density at radius 2 is 2.21 bits per heavy atom. The maximum atomic E-state index is 10.5. The van der Waals surface area contributed by atoms with Crippen LogP contribution >= 0.6 is 0 Å². The van der Waals surface area contributed by atoms with E-state index in [-0.39, 0.29) is 6.42 Å². The fraction of sp³-hybridized carbons (Fsp3) is 0.533. The van der Waals surface area contributed by atoms with Crippen LogP contribution in [0.3, 0.4) is 0 Å². The minimum Gasteiger partial charge on any atom is -0.481 e. The van der Waals surface area contributed by atoms with Crippen LogP contribution in [0.4, 0.5) is 0 Å². The summed E-state index contributed by atoms with van der Waals surface area (Å²) in [5.74, 6) is -0.736. The number of benzene rings is 1. The lowest BCUT2D eigenvalue weighted by atomic mass is 10.1. The van der Waals surface area contributed by atoms with Gasteiger partial charge in [-0.25, -0.2) is 0 Å². The molecule has 104 valence electrons. The summed E-state index contributed by atoms with van der Waals surface area (Å²) in [5, 5.41) is 12.0. The molecule has 1 heterocycles. The molecule has 1 aliphatic rings. The van der Waals surface area contributed by atoms with E-state index < -0.39 is 5.97 Å². The molecule has 2 atom stereocenters. The maximum absolute atomic E-state index is 10.5. The van der Waals surface area contributed by atoms with Gasteiger partial charge in [0.2, 0.25) is 0 Å². The first-order valence-corrected chi connectivity index (χ1v) is 6.91. The number of aliphatic carboxylic acids is 1. The number of rotatable bonds is 6. The highest BCUT2D eigenvalue weighted by Gasteiger charge is 2.26. The fourth-order valence-corrected chi connectivity index (χ4v) is 2.63. The second-order valence-corrected chi connectivity index (χ2v) is 5.17. The highest BCUT2D eigenvalue weighted by Crippen LogP contribution is 2.24. The normalized spacial score (nSPS) is 21.4. The van der Waals surface area contributed by atoms with Gasteiger partial charge in [0, 0.05) is 31.7 Å². The van der Waals surface area contributed by atoms with Crippen LogP contribution in [0.5, 0.6) is 0 Å². The largest absolute Gasteiger partial charge is 0.481 e. The van der Waals surface area contributed by atoms with Crippen molar-refractivity contribution in [1.82, 2.24) is 10.2 Å². The van der Waals surface area contributed by atoms with E-state index in [1.165, 1.54) is 5.56 Å². The molecule has 0 amide bonds. The van der Waals surface area contributed by atoms with Gasteiger partial charge in [-0.3, -0.25) is 9.69 Å². The summed E-state index contributed by atoms with van der Waals surface area (Å²) in [5.41, 5.74) is 1.34. The molecule has 2 N–H and O–H groups in total. The maximum Gasteiger partial charge on any atom is 0.304 e. The third-order valence-corrected chi connectivity index (χ3v) is 3.82. The monoisotopic (exact) mass is 262 g/mol.